The number of benzene rings is 1. The number of hydrogen-bond acceptors (Lipinski definition) is 3. The second-order valence-electron chi connectivity index (χ2n) is 4.96. The predicted molar refractivity (Wildman–Crippen MR) is 86.5 cm³/mol. The molecule has 1 rings (SSSR count). The largest absolute Gasteiger partial charge is 0.481 e. The molecule has 0 aliphatic carbocycles. The molecule has 0 spiro atoms. The van der Waals surface area contributed by atoms with Gasteiger partial charge in [0.25, 0.3) is 0 Å². The third kappa shape index (κ3) is 6.67. The fourth-order valence-corrected chi connectivity index (χ4v) is 2.78. The van der Waals surface area contributed by atoms with Gasteiger partial charge in [-0.2, -0.15) is 11.8 Å². The van der Waals surface area contributed by atoms with E-state index in [0.717, 1.165) is 12.2 Å². The molecule has 0 aliphatic heterocycles. The zero-order valence-electron chi connectivity index (χ0n) is 12.6. The van der Waals surface area contributed by atoms with Crippen LogP contribution in [-0.2, 0) is 16.0 Å². The molecule has 5 heteroatoms. The van der Waals surface area contributed by atoms with E-state index in [4.69, 9.17) is 5.11 Å². The van der Waals surface area contributed by atoms with E-state index in [0.29, 0.717) is 12.3 Å². The van der Waals surface area contributed by atoms with E-state index in [9.17, 15) is 9.59 Å². The summed E-state index contributed by atoms with van der Waals surface area (Å²) in [5.41, 5.74) is 1.27. The van der Waals surface area contributed by atoms with Crippen molar-refractivity contribution in [2.75, 3.05) is 24.6 Å². The lowest BCUT2D eigenvalue weighted by Crippen LogP contribution is -2.37. The Labute approximate surface area is 130 Å². The van der Waals surface area contributed by atoms with Crippen LogP contribution in [0.2, 0.25) is 0 Å². The number of amides is 1. The standard InChI is InChI=1S/C16H23NO3S/c1-3-17(11-13(2)16(19)20)15(18)12-21-10-9-14-7-5-4-6-8-14/h4-8,13H,3,9-12H2,1-2H3,(H,19,20). The van der Waals surface area contributed by atoms with Crippen molar-refractivity contribution in [3.8, 4) is 0 Å². The highest BCUT2D eigenvalue weighted by molar-refractivity contribution is 7.99. The van der Waals surface area contributed by atoms with E-state index in [-0.39, 0.29) is 12.5 Å². The van der Waals surface area contributed by atoms with Crippen LogP contribution < -0.4 is 0 Å². The molecule has 1 aromatic rings. The molecule has 21 heavy (non-hydrogen) atoms. The van der Waals surface area contributed by atoms with Gasteiger partial charge in [0.05, 0.1) is 11.7 Å². The minimum atomic E-state index is -0.863. The molecule has 1 N–H and O–H groups in total. The van der Waals surface area contributed by atoms with Crippen molar-refractivity contribution >= 4 is 23.6 Å². The number of hydrogen-bond donors (Lipinski definition) is 1. The zero-order chi connectivity index (χ0) is 15.7. The Kier molecular flexibility index (Phi) is 7.90. The van der Waals surface area contributed by atoms with Crippen molar-refractivity contribution < 1.29 is 14.7 Å². The van der Waals surface area contributed by atoms with Gasteiger partial charge in [-0.3, -0.25) is 9.59 Å². The average molecular weight is 309 g/mol. The van der Waals surface area contributed by atoms with E-state index >= 15 is 0 Å². The molecule has 4 nitrogen and oxygen atoms in total. The fraction of sp³-hybridized carbons (Fsp3) is 0.500. The van der Waals surface area contributed by atoms with Crippen LogP contribution in [0.15, 0.2) is 30.3 Å². The number of carboxylic acids is 1. The number of aliphatic carboxylic acids is 1. The molecule has 0 heterocycles. The van der Waals surface area contributed by atoms with Crippen LogP contribution in [0.25, 0.3) is 0 Å². The van der Waals surface area contributed by atoms with Crippen molar-refractivity contribution in [1.82, 2.24) is 4.90 Å². The summed E-state index contributed by atoms with van der Waals surface area (Å²) < 4.78 is 0. The summed E-state index contributed by atoms with van der Waals surface area (Å²) in [5, 5.41) is 8.91. The van der Waals surface area contributed by atoms with Crippen LogP contribution in [0.5, 0.6) is 0 Å². The summed E-state index contributed by atoms with van der Waals surface area (Å²) in [4.78, 5) is 24.5. The Morgan fingerprint density at radius 1 is 1.29 bits per heavy atom. The summed E-state index contributed by atoms with van der Waals surface area (Å²) in [5.74, 6) is -0.0701. The second-order valence-corrected chi connectivity index (χ2v) is 6.07. The van der Waals surface area contributed by atoms with Crippen molar-refractivity contribution in [2.24, 2.45) is 5.92 Å². The molecule has 1 amide bonds. The minimum Gasteiger partial charge on any atom is -0.481 e. The molecule has 0 aromatic heterocycles. The van der Waals surface area contributed by atoms with Crippen molar-refractivity contribution in [1.29, 1.82) is 0 Å². The van der Waals surface area contributed by atoms with Crippen LogP contribution >= 0.6 is 11.8 Å². The van der Waals surface area contributed by atoms with Crippen molar-refractivity contribution in [3.63, 3.8) is 0 Å². The third-order valence-corrected chi connectivity index (χ3v) is 4.20. The Morgan fingerprint density at radius 3 is 2.52 bits per heavy atom. The maximum Gasteiger partial charge on any atom is 0.308 e. The second kappa shape index (κ2) is 9.45. The number of carbonyl (C=O) groups excluding carboxylic acids is 1. The summed E-state index contributed by atoms with van der Waals surface area (Å²) >= 11 is 1.60. The first-order valence-electron chi connectivity index (χ1n) is 7.16. The van der Waals surface area contributed by atoms with Crippen molar-refractivity contribution in [3.05, 3.63) is 35.9 Å². The molecule has 1 aromatic carbocycles. The molecular formula is C16H23NO3S. The van der Waals surface area contributed by atoms with Gasteiger partial charge in [-0.15, -0.1) is 0 Å². The molecule has 0 fully saturated rings. The van der Waals surface area contributed by atoms with E-state index in [1.807, 2.05) is 25.1 Å². The van der Waals surface area contributed by atoms with Gasteiger partial charge in [0.2, 0.25) is 5.91 Å². The van der Waals surface area contributed by atoms with E-state index < -0.39 is 11.9 Å². The summed E-state index contributed by atoms with van der Waals surface area (Å²) in [6.07, 6.45) is 0.941. The number of carbonyl (C=O) groups is 2. The minimum absolute atomic E-state index is 0.0173. The zero-order valence-corrected chi connectivity index (χ0v) is 13.4. The van der Waals surface area contributed by atoms with Gasteiger partial charge in [0.15, 0.2) is 0 Å². The molecule has 0 bridgehead atoms. The molecular weight excluding hydrogens is 286 g/mol. The monoisotopic (exact) mass is 309 g/mol. The van der Waals surface area contributed by atoms with Gasteiger partial charge < -0.3 is 10.0 Å². The Morgan fingerprint density at radius 2 is 1.95 bits per heavy atom. The summed E-state index contributed by atoms with van der Waals surface area (Å²) in [7, 11) is 0. The molecule has 0 saturated heterocycles. The molecule has 0 saturated carbocycles. The van der Waals surface area contributed by atoms with Crippen molar-refractivity contribution in [2.45, 2.75) is 20.3 Å². The fourth-order valence-electron chi connectivity index (χ4n) is 1.90. The van der Waals surface area contributed by atoms with E-state index in [1.165, 1.54) is 5.56 Å². The number of thioether (sulfide) groups is 1. The van der Waals surface area contributed by atoms with Crippen LogP contribution in [0.3, 0.4) is 0 Å². The quantitative estimate of drug-likeness (QED) is 0.712. The van der Waals surface area contributed by atoms with Gasteiger partial charge in [0.1, 0.15) is 0 Å². The first-order chi connectivity index (χ1) is 10.0. The highest BCUT2D eigenvalue weighted by Crippen LogP contribution is 2.09. The van der Waals surface area contributed by atoms with Gasteiger partial charge in [-0.1, -0.05) is 37.3 Å². The molecule has 0 aliphatic rings. The first-order valence-corrected chi connectivity index (χ1v) is 8.32. The van der Waals surface area contributed by atoms with Crippen LogP contribution in [0.1, 0.15) is 19.4 Å². The smallest absolute Gasteiger partial charge is 0.308 e. The highest BCUT2D eigenvalue weighted by Gasteiger charge is 2.18. The Bertz CT molecular complexity index is 450. The molecule has 1 unspecified atom stereocenters. The van der Waals surface area contributed by atoms with Crippen LogP contribution in [0.4, 0.5) is 0 Å². The highest BCUT2D eigenvalue weighted by atomic mass is 32.2. The lowest BCUT2D eigenvalue weighted by molar-refractivity contribution is -0.142. The predicted octanol–water partition coefficient (Wildman–Crippen LogP) is 2.53. The summed E-state index contributed by atoms with van der Waals surface area (Å²) in [6.45, 7) is 4.33. The maximum absolute atomic E-state index is 12.1. The SMILES string of the molecule is CCN(CC(C)C(=O)O)C(=O)CSCCc1ccccc1. The molecule has 0 radical (unpaired) electrons. The van der Waals surface area contributed by atoms with Crippen LogP contribution in [0, 0.1) is 5.92 Å². The van der Waals surface area contributed by atoms with Gasteiger partial charge >= 0.3 is 5.97 Å². The Hall–Kier alpha value is -1.49. The van der Waals surface area contributed by atoms with Gasteiger partial charge in [-0.25, -0.2) is 0 Å². The third-order valence-electron chi connectivity index (χ3n) is 3.25. The maximum atomic E-state index is 12.1. The number of rotatable bonds is 9. The summed E-state index contributed by atoms with van der Waals surface area (Å²) in [6, 6.07) is 10.2. The lowest BCUT2D eigenvalue weighted by Gasteiger charge is -2.22. The number of nitrogens with zero attached hydrogens (tertiary/aromatic N) is 1. The lowest BCUT2D eigenvalue weighted by atomic mass is 10.2. The normalized spacial score (nSPS) is 11.9. The van der Waals surface area contributed by atoms with E-state index in [2.05, 4.69) is 12.1 Å². The number of aryl methyl sites for hydroxylation is 1. The molecule has 116 valence electrons. The first kappa shape index (κ1) is 17.6. The van der Waals surface area contributed by atoms with Gasteiger partial charge in [-0.05, 0) is 24.7 Å². The van der Waals surface area contributed by atoms with E-state index in [1.54, 1.807) is 23.6 Å². The van der Waals surface area contributed by atoms with Gasteiger partial charge in [0, 0.05) is 13.1 Å². The van der Waals surface area contributed by atoms with Crippen LogP contribution in [-0.4, -0.2) is 46.5 Å². The Balaban J connectivity index is 2.29. The number of carboxylic acid groups (broad SMARTS) is 1. The topological polar surface area (TPSA) is 57.6 Å². The average Bonchev–Trinajstić information content (AvgIpc) is 2.49. The molecule has 1 atom stereocenters.